The number of carbonyl (C=O) groups is 1. The lowest BCUT2D eigenvalue weighted by atomic mass is 10.2. The molecule has 0 aliphatic rings. The van der Waals surface area contributed by atoms with Crippen LogP contribution in [-0.4, -0.2) is 25.7 Å². The number of anilines is 1. The molecule has 26 heavy (non-hydrogen) atoms. The molecule has 0 bridgehead atoms. The maximum atomic E-state index is 12.2. The third kappa shape index (κ3) is 2.91. The summed E-state index contributed by atoms with van der Waals surface area (Å²) in [5, 5.41) is 7.40. The Morgan fingerprint density at radius 3 is 2.96 bits per heavy atom. The van der Waals surface area contributed by atoms with Gasteiger partial charge in [0.2, 0.25) is 5.91 Å². The molecular formula is C18H13N5O3. The number of H-pyrrole nitrogens is 1. The van der Waals surface area contributed by atoms with Crippen LogP contribution in [0.1, 0.15) is 5.76 Å². The minimum Gasteiger partial charge on any atom is -0.465 e. The first-order valence-corrected chi connectivity index (χ1v) is 7.76. The van der Waals surface area contributed by atoms with Crippen LogP contribution < -0.4 is 10.9 Å². The predicted octanol–water partition coefficient (Wildman–Crippen LogP) is 2.35. The largest absolute Gasteiger partial charge is 0.465 e. The van der Waals surface area contributed by atoms with Crippen molar-refractivity contribution in [1.29, 1.82) is 0 Å². The molecule has 0 saturated heterocycles. The van der Waals surface area contributed by atoms with Gasteiger partial charge in [0.15, 0.2) is 5.65 Å². The van der Waals surface area contributed by atoms with Gasteiger partial charge in [0.05, 0.1) is 30.2 Å². The molecule has 0 radical (unpaired) electrons. The predicted molar refractivity (Wildman–Crippen MR) is 95.9 cm³/mol. The SMILES string of the molecule is O=C(/C=C/c1ccco1)Nc1ccccc1-n1ncc2c(=O)[nH]cnc21. The Kier molecular flexibility index (Phi) is 3.91. The standard InChI is InChI=1S/C18H13N5O3/c24-16(8-7-12-4-3-9-26-12)22-14-5-1-2-6-15(14)23-17-13(10-21-23)18(25)20-11-19-17/h1-11H,(H,22,24)(H,19,20,25)/b8-7+. The Morgan fingerprint density at radius 1 is 1.23 bits per heavy atom. The summed E-state index contributed by atoms with van der Waals surface area (Å²) in [6.45, 7) is 0. The van der Waals surface area contributed by atoms with Gasteiger partial charge >= 0.3 is 0 Å². The highest BCUT2D eigenvalue weighted by Crippen LogP contribution is 2.22. The van der Waals surface area contributed by atoms with Crippen LogP contribution in [0, 0.1) is 0 Å². The molecule has 0 aliphatic carbocycles. The van der Waals surface area contributed by atoms with Crippen LogP contribution in [0.2, 0.25) is 0 Å². The lowest BCUT2D eigenvalue weighted by Gasteiger charge is -2.10. The van der Waals surface area contributed by atoms with Crippen LogP contribution in [0.25, 0.3) is 22.8 Å². The summed E-state index contributed by atoms with van der Waals surface area (Å²) in [6.07, 6.45) is 7.24. The van der Waals surface area contributed by atoms with E-state index in [-0.39, 0.29) is 11.5 Å². The highest BCUT2D eigenvalue weighted by molar-refractivity contribution is 6.03. The first kappa shape index (κ1) is 15.6. The van der Waals surface area contributed by atoms with Gasteiger partial charge < -0.3 is 14.7 Å². The molecule has 8 nitrogen and oxygen atoms in total. The topological polar surface area (TPSA) is 106 Å². The number of rotatable bonds is 4. The zero-order chi connectivity index (χ0) is 17.9. The molecule has 8 heteroatoms. The zero-order valence-electron chi connectivity index (χ0n) is 13.4. The average Bonchev–Trinajstić information content (AvgIpc) is 3.31. The molecule has 128 valence electrons. The van der Waals surface area contributed by atoms with Crippen molar-refractivity contribution in [2.24, 2.45) is 0 Å². The van der Waals surface area contributed by atoms with Crippen molar-refractivity contribution in [2.75, 3.05) is 5.32 Å². The van der Waals surface area contributed by atoms with E-state index in [0.29, 0.717) is 28.2 Å². The number of nitrogens with one attached hydrogen (secondary N) is 2. The summed E-state index contributed by atoms with van der Waals surface area (Å²) in [5.74, 6) is 0.256. The van der Waals surface area contributed by atoms with Crippen LogP contribution in [0.5, 0.6) is 0 Å². The van der Waals surface area contributed by atoms with Crippen molar-refractivity contribution in [2.45, 2.75) is 0 Å². The van der Waals surface area contributed by atoms with Crippen molar-refractivity contribution in [3.05, 3.63) is 77.4 Å². The van der Waals surface area contributed by atoms with Crippen molar-refractivity contribution in [1.82, 2.24) is 19.7 Å². The third-order valence-electron chi connectivity index (χ3n) is 3.70. The summed E-state index contributed by atoms with van der Waals surface area (Å²) >= 11 is 0. The van der Waals surface area contributed by atoms with Gasteiger partial charge in [-0.2, -0.15) is 5.10 Å². The number of hydrogen-bond donors (Lipinski definition) is 2. The van der Waals surface area contributed by atoms with Crippen LogP contribution >= 0.6 is 0 Å². The quantitative estimate of drug-likeness (QED) is 0.551. The highest BCUT2D eigenvalue weighted by atomic mass is 16.3. The normalized spacial score (nSPS) is 11.2. The van der Waals surface area contributed by atoms with Crippen molar-refractivity contribution in [3.8, 4) is 5.69 Å². The van der Waals surface area contributed by atoms with E-state index in [1.807, 2.05) is 6.07 Å². The van der Waals surface area contributed by atoms with E-state index in [1.165, 1.54) is 29.5 Å². The Morgan fingerprint density at radius 2 is 2.12 bits per heavy atom. The number of amides is 1. The van der Waals surface area contributed by atoms with E-state index in [0.717, 1.165) is 0 Å². The molecule has 1 amide bonds. The summed E-state index contributed by atoms with van der Waals surface area (Å²) < 4.78 is 6.66. The molecule has 1 aromatic carbocycles. The van der Waals surface area contributed by atoms with E-state index in [2.05, 4.69) is 20.4 Å². The fraction of sp³-hybridized carbons (Fsp3) is 0. The molecular weight excluding hydrogens is 334 g/mol. The lowest BCUT2D eigenvalue weighted by molar-refractivity contribution is -0.111. The first-order valence-electron chi connectivity index (χ1n) is 7.76. The molecule has 0 spiro atoms. The monoisotopic (exact) mass is 347 g/mol. The van der Waals surface area contributed by atoms with Gasteiger partial charge in [-0.05, 0) is 30.3 Å². The van der Waals surface area contributed by atoms with Crippen molar-refractivity contribution in [3.63, 3.8) is 0 Å². The molecule has 0 unspecified atom stereocenters. The van der Waals surface area contributed by atoms with Gasteiger partial charge in [0.25, 0.3) is 5.56 Å². The van der Waals surface area contributed by atoms with Gasteiger partial charge in [-0.15, -0.1) is 0 Å². The number of fused-ring (bicyclic) bond motifs is 1. The fourth-order valence-electron chi connectivity index (χ4n) is 2.51. The van der Waals surface area contributed by atoms with Gasteiger partial charge in [-0.3, -0.25) is 9.59 Å². The molecule has 0 aliphatic heterocycles. The van der Waals surface area contributed by atoms with Crippen molar-refractivity contribution >= 4 is 28.7 Å². The van der Waals surface area contributed by atoms with E-state index in [1.54, 1.807) is 36.4 Å². The maximum Gasteiger partial charge on any atom is 0.261 e. The number of furan rings is 1. The molecule has 0 fully saturated rings. The molecule has 3 aromatic heterocycles. The first-order chi connectivity index (χ1) is 12.7. The molecule has 2 N–H and O–H groups in total. The van der Waals surface area contributed by atoms with E-state index in [9.17, 15) is 9.59 Å². The lowest BCUT2D eigenvalue weighted by Crippen LogP contribution is -2.12. The number of aromatic nitrogens is 4. The van der Waals surface area contributed by atoms with Crippen LogP contribution in [0.3, 0.4) is 0 Å². The fourth-order valence-corrected chi connectivity index (χ4v) is 2.51. The molecule has 4 aromatic rings. The molecule has 0 saturated carbocycles. The Balaban J connectivity index is 1.67. The van der Waals surface area contributed by atoms with E-state index >= 15 is 0 Å². The minimum atomic E-state index is -0.323. The van der Waals surface area contributed by atoms with E-state index in [4.69, 9.17) is 4.42 Å². The second kappa shape index (κ2) is 6.52. The average molecular weight is 347 g/mol. The van der Waals surface area contributed by atoms with Gasteiger partial charge in [0, 0.05) is 6.08 Å². The van der Waals surface area contributed by atoms with Gasteiger partial charge in [-0.1, -0.05) is 12.1 Å². The number of para-hydroxylation sites is 2. The minimum absolute atomic E-state index is 0.274. The second-order valence-corrected chi connectivity index (χ2v) is 5.38. The number of nitrogens with zero attached hydrogens (tertiary/aromatic N) is 3. The van der Waals surface area contributed by atoms with Gasteiger partial charge in [0.1, 0.15) is 11.1 Å². The maximum absolute atomic E-state index is 12.2. The second-order valence-electron chi connectivity index (χ2n) is 5.38. The summed E-state index contributed by atoms with van der Waals surface area (Å²) in [5.41, 5.74) is 1.26. The third-order valence-corrected chi connectivity index (χ3v) is 3.70. The smallest absolute Gasteiger partial charge is 0.261 e. The molecule has 3 heterocycles. The molecule has 4 rings (SSSR count). The summed E-state index contributed by atoms with van der Waals surface area (Å²) in [4.78, 5) is 30.7. The molecule has 0 atom stereocenters. The number of aromatic amines is 1. The Bertz CT molecular complexity index is 1160. The number of benzene rings is 1. The van der Waals surface area contributed by atoms with Crippen molar-refractivity contribution < 1.29 is 9.21 Å². The Labute approximate surface area is 146 Å². The summed E-state index contributed by atoms with van der Waals surface area (Å²) in [6, 6.07) is 10.6. The van der Waals surface area contributed by atoms with Crippen LogP contribution in [0.15, 0.2) is 70.5 Å². The highest BCUT2D eigenvalue weighted by Gasteiger charge is 2.12. The zero-order valence-corrected chi connectivity index (χ0v) is 13.4. The van der Waals surface area contributed by atoms with E-state index < -0.39 is 0 Å². The summed E-state index contributed by atoms with van der Waals surface area (Å²) in [7, 11) is 0. The van der Waals surface area contributed by atoms with Gasteiger partial charge in [-0.25, -0.2) is 9.67 Å². The van der Waals surface area contributed by atoms with Crippen LogP contribution in [-0.2, 0) is 4.79 Å². The Hall–Kier alpha value is -3.94. The van der Waals surface area contributed by atoms with Crippen LogP contribution in [0.4, 0.5) is 5.69 Å². The number of carbonyl (C=O) groups excluding carboxylic acids is 1. The number of hydrogen-bond acceptors (Lipinski definition) is 5.